The first-order valence-corrected chi connectivity index (χ1v) is 13.3. The molecule has 0 radical (unpaired) electrons. The number of hydrogen-bond donors (Lipinski definition) is 1. The minimum Gasteiger partial charge on any atom is -0.490 e. The number of nitrogens with zero attached hydrogens (tertiary/aromatic N) is 1. The molecule has 4 heteroatoms. The van der Waals surface area contributed by atoms with Crippen molar-refractivity contribution < 1.29 is 14.6 Å². The van der Waals surface area contributed by atoms with Crippen molar-refractivity contribution >= 4 is 16.7 Å². The molecule has 184 valence electrons. The van der Waals surface area contributed by atoms with Gasteiger partial charge in [0.1, 0.15) is 5.75 Å². The van der Waals surface area contributed by atoms with Crippen molar-refractivity contribution in [2.24, 2.45) is 5.92 Å². The van der Waals surface area contributed by atoms with Gasteiger partial charge in [-0.15, -0.1) is 0 Å². The summed E-state index contributed by atoms with van der Waals surface area (Å²) in [5.41, 5.74) is 2.78. The second-order valence-corrected chi connectivity index (χ2v) is 10.3. The standard InChI is InChI=1S/C31H37NO3/c1-2-30(32-18-16-24(17-19-32)31(33)34)27-9-8-26-21-29(15-12-25(26)20-27)35-28-13-10-23(11-14-28)22-6-4-3-5-7-22/h3-9,12,15,20-21,23-24,28,30H,2,10-11,13-14,16-19H2,1H3,(H,33,34). The number of rotatable bonds is 7. The van der Waals surface area contributed by atoms with Crippen LogP contribution in [0.2, 0.25) is 0 Å². The van der Waals surface area contributed by atoms with Crippen molar-refractivity contribution in [1.29, 1.82) is 0 Å². The van der Waals surface area contributed by atoms with E-state index in [0.717, 1.165) is 50.9 Å². The minimum atomic E-state index is -0.648. The van der Waals surface area contributed by atoms with Gasteiger partial charge >= 0.3 is 5.97 Å². The first kappa shape index (κ1) is 23.9. The third-order valence-corrected chi connectivity index (χ3v) is 8.17. The van der Waals surface area contributed by atoms with Crippen molar-refractivity contribution in [3.63, 3.8) is 0 Å². The van der Waals surface area contributed by atoms with Gasteiger partial charge in [0.2, 0.25) is 0 Å². The van der Waals surface area contributed by atoms with Crippen molar-refractivity contribution in [2.75, 3.05) is 13.1 Å². The molecule has 1 aliphatic carbocycles. The lowest BCUT2D eigenvalue weighted by molar-refractivity contribution is -0.143. The highest BCUT2D eigenvalue weighted by Gasteiger charge is 2.28. The number of benzene rings is 3. The van der Waals surface area contributed by atoms with E-state index in [1.807, 2.05) is 0 Å². The summed E-state index contributed by atoms with van der Waals surface area (Å²) in [7, 11) is 0. The van der Waals surface area contributed by atoms with E-state index >= 15 is 0 Å². The number of carbonyl (C=O) groups is 1. The third kappa shape index (κ3) is 5.54. The molecule has 1 aliphatic heterocycles. The number of hydrogen-bond acceptors (Lipinski definition) is 3. The Bertz CT molecular complexity index is 1130. The van der Waals surface area contributed by atoms with Crippen molar-refractivity contribution in [3.05, 3.63) is 77.9 Å². The van der Waals surface area contributed by atoms with Crippen LogP contribution < -0.4 is 4.74 Å². The maximum absolute atomic E-state index is 11.3. The molecule has 1 saturated heterocycles. The van der Waals surface area contributed by atoms with Crippen LogP contribution in [-0.2, 0) is 4.79 Å². The van der Waals surface area contributed by atoms with Crippen LogP contribution in [-0.4, -0.2) is 35.2 Å². The first-order chi connectivity index (χ1) is 17.1. The van der Waals surface area contributed by atoms with E-state index < -0.39 is 5.97 Å². The van der Waals surface area contributed by atoms with Gasteiger partial charge < -0.3 is 9.84 Å². The lowest BCUT2D eigenvalue weighted by Gasteiger charge is -2.36. The summed E-state index contributed by atoms with van der Waals surface area (Å²) in [6.07, 6.45) is 7.39. The molecular formula is C31H37NO3. The van der Waals surface area contributed by atoms with Gasteiger partial charge in [0, 0.05) is 6.04 Å². The molecule has 2 fully saturated rings. The summed E-state index contributed by atoms with van der Waals surface area (Å²) in [6.45, 7) is 3.93. The fourth-order valence-electron chi connectivity index (χ4n) is 6.12. The highest BCUT2D eigenvalue weighted by atomic mass is 16.5. The average molecular weight is 472 g/mol. The number of fused-ring (bicyclic) bond motifs is 1. The Labute approximate surface area is 208 Å². The number of piperidine rings is 1. The molecular weight excluding hydrogens is 434 g/mol. The SMILES string of the molecule is CCC(c1ccc2cc(OC3CCC(c4ccccc4)CC3)ccc2c1)N1CCC(C(=O)O)CC1. The second-order valence-electron chi connectivity index (χ2n) is 10.3. The summed E-state index contributed by atoms with van der Waals surface area (Å²) in [5, 5.41) is 11.8. The highest BCUT2D eigenvalue weighted by Crippen LogP contribution is 2.36. The minimum absolute atomic E-state index is 0.188. The predicted octanol–water partition coefficient (Wildman–Crippen LogP) is 7.19. The quantitative estimate of drug-likeness (QED) is 0.396. The molecule has 1 N–H and O–H groups in total. The maximum atomic E-state index is 11.3. The monoisotopic (exact) mass is 471 g/mol. The Kier molecular flexibility index (Phi) is 7.38. The molecule has 0 bridgehead atoms. The van der Waals surface area contributed by atoms with E-state index in [4.69, 9.17) is 4.74 Å². The van der Waals surface area contributed by atoms with Crippen LogP contribution in [0.1, 0.15) is 75.0 Å². The van der Waals surface area contributed by atoms with Crippen molar-refractivity contribution in [2.45, 2.75) is 69.9 Å². The van der Waals surface area contributed by atoms with Crippen LogP contribution in [0.25, 0.3) is 10.8 Å². The summed E-state index contributed by atoms with van der Waals surface area (Å²) >= 11 is 0. The third-order valence-electron chi connectivity index (χ3n) is 8.17. The predicted molar refractivity (Wildman–Crippen MR) is 141 cm³/mol. The van der Waals surface area contributed by atoms with Gasteiger partial charge in [-0.05, 0) is 104 Å². The normalized spacial score (nSPS) is 22.7. The fourth-order valence-corrected chi connectivity index (χ4v) is 6.12. The number of aliphatic carboxylic acids is 1. The van der Waals surface area contributed by atoms with E-state index in [9.17, 15) is 9.90 Å². The van der Waals surface area contributed by atoms with Crippen LogP contribution in [0.15, 0.2) is 66.7 Å². The average Bonchev–Trinajstić information content (AvgIpc) is 2.90. The van der Waals surface area contributed by atoms with Gasteiger partial charge in [-0.3, -0.25) is 9.69 Å². The van der Waals surface area contributed by atoms with Crippen molar-refractivity contribution in [3.8, 4) is 5.75 Å². The number of carboxylic acid groups (broad SMARTS) is 1. The smallest absolute Gasteiger partial charge is 0.306 e. The van der Waals surface area contributed by atoms with E-state index in [1.54, 1.807) is 0 Å². The van der Waals surface area contributed by atoms with Crippen molar-refractivity contribution in [1.82, 2.24) is 4.90 Å². The van der Waals surface area contributed by atoms with Gasteiger partial charge in [0.15, 0.2) is 0 Å². The molecule has 3 aromatic carbocycles. The van der Waals surface area contributed by atoms with Gasteiger partial charge in [0.25, 0.3) is 0 Å². The van der Waals surface area contributed by atoms with E-state index in [-0.39, 0.29) is 5.92 Å². The van der Waals surface area contributed by atoms with E-state index in [1.165, 1.54) is 34.7 Å². The molecule has 1 heterocycles. The van der Waals surface area contributed by atoms with Crippen LogP contribution >= 0.6 is 0 Å². The largest absolute Gasteiger partial charge is 0.490 e. The summed E-state index contributed by atoms with van der Waals surface area (Å²) in [5.74, 6) is 0.793. The molecule has 0 spiro atoms. The van der Waals surface area contributed by atoms with Gasteiger partial charge in [-0.25, -0.2) is 0 Å². The van der Waals surface area contributed by atoms with Crippen LogP contribution in [0.3, 0.4) is 0 Å². The maximum Gasteiger partial charge on any atom is 0.306 e. The Morgan fingerprint density at radius 3 is 2.29 bits per heavy atom. The topological polar surface area (TPSA) is 49.8 Å². The van der Waals surface area contributed by atoms with E-state index in [0.29, 0.717) is 18.1 Å². The molecule has 3 aromatic rings. The van der Waals surface area contributed by atoms with Gasteiger partial charge in [-0.2, -0.15) is 0 Å². The lowest BCUT2D eigenvalue weighted by atomic mass is 9.83. The molecule has 1 atom stereocenters. The number of likely N-dealkylation sites (tertiary alicyclic amines) is 1. The lowest BCUT2D eigenvalue weighted by Crippen LogP contribution is -2.38. The van der Waals surface area contributed by atoms with Gasteiger partial charge in [0.05, 0.1) is 12.0 Å². The molecule has 1 saturated carbocycles. The Morgan fingerprint density at radius 1 is 0.914 bits per heavy atom. The molecule has 1 unspecified atom stereocenters. The molecule has 4 nitrogen and oxygen atoms in total. The number of carboxylic acids is 1. The highest BCUT2D eigenvalue weighted by molar-refractivity contribution is 5.84. The zero-order valence-electron chi connectivity index (χ0n) is 20.7. The van der Waals surface area contributed by atoms with Gasteiger partial charge in [-0.1, -0.05) is 55.5 Å². The van der Waals surface area contributed by atoms with E-state index in [2.05, 4.69) is 78.6 Å². The Balaban J connectivity index is 1.22. The zero-order valence-corrected chi connectivity index (χ0v) is 20.7. The molecule has 2 aliphatic rings. The summed E-state index contributed by atoms with van der Waals surface area (Å²) in [6, 6.07) is 24.5. The van der Waals surface area contributed by atoms with Crippen LogP contribution in [0.5, 0.6) is 5.75 Å². The molecule has 35 heavy (non-hydrogen) atoms. The first-order valence-electron chi connectivity index (χ1n) is 13.3. The zero-order chi connectivity index (χ0) is 24.2. The van der Waals surface area contributed by atoms with Crippen LogP contribution in [0, 0.1) is 5.92 Å². The van der Waals surface area contributed by atoms with Crippen LogP contribution in [0.4, 0.5) is 0 Å². The summed E-state index contributed by atoms with van der Waals surface area (Å²) in [4.78, 5) is 13.8. The molecule has 5 rings (SSSR count). The Morgan fingerprint density at radius 2 is 1.60 bits per heavy atom. The number of ether oxygens (including phenoxy) is 1. The second kappa shape index (κ2) is 10.8. The Hall–Kier alpha value is -2.85. The molecule has 0 aromatic heterocycles. The summed E-state index contributed by atoms with van der Waals surface area (Å²) < 4.78 is 6.41. The molecule has 0 amide bonds. The fraction of sp³-hybridized carbons (Fsp3) is 0.452.